The number of carbonyl (C=O) groups excluding carboxylic acids is 1. The van der Waals surface area contributed by atoms with Crippen molar-refractivity contribution in [1.82, 2.24) is 4.98 Å². The Hall–Kier alpha value is -1.64. The number of anilines is 1. The van der Waals surface area contributed by atoms with Crippen molar-refractivity contribution in [3.8, 4) is 0 Å². The fraction of sp³-hybridized carbons (Fsp3) is 0.273. The lowest BCUT2D eigenvalue weighted by Gasteiger charge is -2.12. The summed E-state index contributed by atoms with van der Waals surface area (Å²) in [4.78, 5) is 15.4. The normalized spacial score (nSPS) is 16.6. The van der Waals surface area contributed by atoms with Gasteiger partial charge in [-0.15, -0.1) is 0 Å². The lowest BCUT2D eigenvalue weighted by atomic mass is 9.95. The lowest BCUT2D eigenvalue weighted by Crippen LogP contribution is -2.05. The lowest BCUT2D eigenvalue weighted by molar-refractivity contribution is -0.114. The number of allylic oxidation sites excluding steroid dienone is 2. The summed E-state index contributed by atoms with van der Waals surface area (Å²) in [6, 6.07) is 3.60. The third-order valence-corrected chi connectivity index (χ3v) is 2.35. The molecule has 0 atom stereocenters. The van der Waals surface area contributed by atoms with Gasteiger partial charge in [-0.05, 0) is 36.6 Å². The molecule has 3 nitrogen and oxygen atoms in total. The number of nitrogens with zero attached hydrogens (tertiary/aromatic N) is 1. The molecule has 3 heteroatoms. The van der Waals surface area contributed by atoms with Crippen molar-refractivity contribution >= 4 is 17.0 Å². The Labute approximate surface area is 82.6 Å². The largest absolute Gasteiger partial charge is 0.397 e. The van der Waals surface area contributed by atoms with Gasteiger partial charge in [-0.1, -0.05) is 0 Å². The molecule has 0 radical (unpaired) electrons. The molecule has 2 rings (SSSR count). The number of ketones is 1. The molecule has 0 spiro atoms. The van der Waals surface area contributed by atoms with Crippen LogP contribution in [0.15, 0.2) is 24.4 Å². The van der Waals surface area contributed by atoms with E-state index in [4.69, 9.17) is 5.73 Å². The van der Waals surface area contributed by atoms with E-state index >= 15 is 0 Å². The van der Waals surface area contributed by atoms with E-state index < -0.39 is 0 Å². The van der Waals surface area contributed by atoms with Gasteiger partial charge in [0.2, 0.25) is 0 Å². The molecule has 0 bridgehead atoms. The van der Waals surface area contributed by atoms with E-state index in [1.54, 1.807) is 18.3 Å². The average Bonchev–Trinajstić information content (AvgIpc) is 2.18. The third-order valence-electron chi connectivity index (χ3n) is 2.35. The van der Waals surface area contributed by atoms with Crippen molar-refractivity contribution in [2.45, 2.75) is 19.3 Å². The van der Waals surface area contributed by atoms with E-state index in [0.29, 0.717) is 12.1 Å². The van der Waals surface area contributed by atoms with Crippen LogP contribution >= 0.6 is 0 Å². The van der Waals surface area contributed by atoms with E-state index in [2.05, 4.69) is 4.98 Å². The van der Waals surface area contributed by atoms with Crippen LogP contribution in [0.2, 0.25) is 0 Å². The van der Waals surface area contributed by atoms with Gasteiger partial charge in [0.15, 0.2) is 5.78 Å². The number of rotatable bonds is 1. The molecule has 1 aliphatic carbocycles. The van der Waals surface area contributed by atoms with Crippen LogP contribution in [0.4, 0.5) is 5.69 Å². The summed E-state index contributed by atoms with van der Waals surface area (Å²) in [6.07, 6.45) is 5.82. The van der Waals surface area contributed by atoms with Crippen molar-refractivity contribution < 1.29 is 4.79 Å². The van der Waals surface area contributed by atoms with Crippen molar-refractivity contribution in [3.63, 3.8) is 0 Å². The first-order valence-corrected chi connectivity index (χ1v) is 4.71. The van der Waals surface area contributed by atoms with Crippen molar-refractivity contribution in [3.05, 3.63) is 30.1 Å². The Morgan fingerprint density at radius 2 is 2.21 bits per heavy atom. The molecule has 0 unspecified atom stereocenters. The zero-order valence-electron chi connectivity index (χ0n) is 7.86. The second-order valence-corrected chi connectivity index (χ2v) is 3.43. The molecule has 0 aliphatic heterocycles. The average molecular weight is 188 g/mol. The highest BCUT2D eigenvalue weighted by Crippen LogP contribution is 2.26. The predicted molar refractivity (Wildman–Crippen MR) is 55.5 cm³/mol. The third kappa shape index (κ3) is 1.66. The van der Waals surface area contributed by atoms with Gasteiger partial charge >= 0.3 is 0 Å². The highest BCUT2D eigenvalue weighted by molar-refractivity contribution is 5.98. The summed E-state index contributed by atoms with van der Waals surface area (Å²) in [7, 11) is 0. The summed E-state index contributed by atoms with van der Waals surface area (Å²) in [5, 5.41) is 0. The van der Waals surface area contributed by atoms with Gasteiger partial charge in [0.1, 0.15) is 0 Å². The monoisotopic (exact) mass is 188 g/mol. The summed E-state index contributed by atoms with van der Waals surface area (Å²) in [5.74, 6) is 0.177. The van der Waals surface area contributed by atoms with Crippen molar-refractivity contribution in [2.75, 3.05) is 5.73 Å². The van der Waals surface area contributed by atoms with E-state index in [1.807, 2.05) is 6.07 Å². The summed E-state index contributed by atoms with van der Waals surface area (Å²) in [5.41, 5.74) is 8.16. The van der Waals surface area contributed by atoms with Crippen molar-refractivity contribution in [2.24, 2.45) is 0 Å². The minimum absolute atomic E-state index is 0.177. The number of carbonyl (C=O) groups is 1. The van der Waals surface area contributed by atoms with Crippen LogP contribution in [-0.2, 0) is 4.79 Å². The van der Waals surface area contributed by atoms with Crippen LogP contribution in [0.5, 0.6) is 0 Å². The highest BCUT2D eigenvalue weighted by Gasteiger charge is 2.13. The maximum atomic E-state index is 11.2. The molecule has 14 heavy (non-hydrogen) atoms. The molecule has 1 heterocycles. The fourth-order valence-corrected chi connectivity index (χ4v) is 1.66. The van der Waals surface area contributed by atoms with E-state index in [-0.39, 0.29) is 5.78 Å². The molecule has 1 aromatic heterocycles. The quantitative estimate of drug-likeness (QED) is 0.731. The number of hydrogen-bond acceptors (Lipinski definition) is 3. The molecule has 0 saturated carbocycles. The van der Waals surface area contributed by atoms with Crippen LogP contribution in [0.1, 0.15) is 25.0 Å². The molecule has 0 amide bonds. The minimum Gasteiger partial charge on any atom is -0.397 e. The van der Waals surface area contributed by atoms with Crippen LogP contribution in [0.3, 0.4) is 0 Å². The Balaban J connectivity index is 2.40. The van der Waals surface area contributed by atoms with Gasteiger partial charge in [-0.25, -0.2) is 0 Å². The highest BCUT2D eigenvalue weighted by atomic mass is 16.1. The van der Waals surface area contributed by atoms with Crippen LogP contribution in [-0.4, -0.2) is 10.8 Å². The topological polar surface area (TPSA) is 56.0 Å². The van der Waals surface area contributed by atoms with Gasteiger partial charge in [0.25, 0.3) is 0 Å². The standard InChI is InChI=1S/C11H12N2O/c12-10-5-2-6-13-11(10)8-3-1-4-9(14)7-8/h2,5-7H,1,3-4,12H2. The first-order chi connectivity index (χ1) is 6.77. The number of hydrogen-bond donors (Lipinski definition) is 1. The number of aromatic nitrogens is 1. The van der Waals surface area contributed by atoms with Gasteiger partial charge in [0, 0.05) is 12.6 Å². The summed E-state index contributed by atoms with van der Waals surface area (Å²) in [6.45, 7) is 0. The Morgan fingerprint density at radius 1 is 1.36 bits per heavy atom. The molecule has 0 fully saturated rings. The number of nitrogens with two attached hydrogens (primary N) is 1. The summed E-state index contributed by atoms with van der Waals surface area (Å²) >= 11 is 0. The number of nitrogen functional groups attached to an aromatic ring is 1. The fourth-order valence-electron chi connectivity index (χ4n) is 1.66. The molecular weight excluding hydrogens is 176 g/mol. The first-order valence-electron chi connectivity index (χ1n) is 4.71. The van der Waals surface area contributed by atoms with E-state index in [1.165, 1.54) is 0 Å². The van der Waals surface area contributed by atoms with Gasteiger partial charge in [0.05, 0.1) is 11.4 Å². The van der Waals surface area contributed by atoms with Crippen molar-refractivity contribution in [1.29, 1.82) is 0 Å². The second kappa shape index (κ2) is 3.62. The molecular formula is C11H12N2O. The maximum Gasteiger partial charge on any atom is 0.156 e. The smallest absolute Gasteiger partial charge is 0.156 e. The molecule has 0 saturated heterocycles. The first kappa shape index (κ1) is 8.94. The van der Waals surface area contributed by atoms with Crippen LogP contribution in [0, 0.1) is 0 Å². The van der Waals surface area contributed by atoms with E-state index in [0.717, 1.165) is 24.1 Å². The Bertz CT molecular complexity index is 396. The summed E-state index contributed by atoms with van der Waals surface area (Å²) < 4.78 is 0. The minimum atomic E-state index is 0.177. The zero-order valence-corrected chi connectivity index (χ0v) is 7.86. The Morgan fingerprint density at radius 3 is 2.93 bits per heavy atom. The zero-order chi connectivity index (χ0) is 9.97. The predicted octanol–water partition coefficient (Wildman–Crippen LogP) is 1.80. The SMILES string of the molecule is Nc1cccnc1C1=CC(=O)CCC1. The number of pyridine rings is 1. The molecule has 0 aromatic carbocycles. The van der Waals surface area contributed by atoms with Gasteiger partial charge in [-0.3, -0.25) is 9.78 Å². The molecule has 72 valence electrons. The van der Waals surface area contributed by atoms with E-state index in [9.17, 15) is 4.79 Å². The maximum absolute atomic E-state index is 11.2. The Kier molecular flexibility index (Phi) is 2.31. The van der Waals surface area contributed by atoms with Crippen LogP contribution in [0.25, 0.3) is 5.57 Å². The second-order valence-electron chi connectivity index (χ2n) is 3.43. The molecule has 1 aromatic rings. The van der Waals surface area contributed by atoms with Gasteiger partial charge < -0.3 is 5.73 Å². The van der Waals surface area contributed by atoms with Gasteiger partial charge in [-0.2, -0.15) is 0 Å². The molecule has 1 aliphatic rings. The molecule has 2 N–H and O–H groups in total. The van der Waals surface area contributed by atoms with Crippen LogP contribution < -0.4 is 5.73 Å².